The Morgan fingerprint density at radius 2 is 1.63 bits per heavy atom. The number of halogens is 3. The molecule has 3 aromatic heterocycles. The third kappa shape index (κ3) is 7.39. The number of carboxylic acid groups (broad SMARTS) is 1. The molecule has 14 heteroatoms. The predicted octanol–water partition coefficient (Wildman–Crippen LogP) is 4.04. The minimum absolute atomic E-state index is 0.216. The van der Waals surface area contributed by atoms with E-state index in [-0.39, 0.29) is 11.5 Å². The zero-order valence-electron chi connectivity index (χ0n) is 22.4. The normalized spacial score (nSPS) is 11.3. The number of hydrogen-bond donors (Lipinski definition) is 1. The summed E-state index contributed by atoms with van der Waals surface area (Å²) in [6.07, 6.45) is -3.38. The Morgan fingerprint density at radius 3 is 2.17 bits per heavy atom. The summed E-state index contributed by atoms with van der Waals surface area (Å²) in [6, 6.07) is 13.3. The van der Waals surface area contributed by atoms with Crippen LogP contribution in [0.2, 0.25) is 0 Å². The summed E-state index contributed by atoms with van der Waals surface area (Å²) in [4.78, 5) is 42.7. The van der Waals surface area contributed by atoms with Gasteiger partial charge in [0, 0.05) is 38.9 Å². The molecule has 0 saturated heterocycles. The minimum Gasteiger partial charge on any atom is -0.494 e. The number of amides is 1. The van der Waals surface area contributed by atoms with Gasteiger partial charge in [0.2, 0.25) is 0 Å². The second kappa shape index (κ2) is 14.1. The van der Waals surface area contributed by atoms with Gasteiger partial charge in [0.1, 0.15) is 10.3 Å². The van der Waals surface area contributed by atoms with Crippen LogP contribution in [0.1, 0.15) is 15.4 Å². The van der Waals surface area contributed by atoms with Crippen molar-refractivity contribution in [2.45, 2.75) is 12.7 Å². The van der Waals surface area contributed by atoms with Gasteiger partial charge in [-0.25, -0.2) is 4.79 Å². The van der Waals surface area contributed by atoms with Crippen LogP contribution in [0.3, 0.4) is 0 Å². The summed E-state index contributed by atoms with van der Waals surface area (Å²) in [6.45, 7) is 1.90. The number of hydrogen-bond acceptors (Lipinski definition) is 8. The van der Waals surface area contributed by atoms with Crippen LogP contribution in [0.25, 0.3) is 21.0 Å². The fourth-order valence-corrected chi connectivity index (χ4v) is 5.22. The molecule has 0 spiro atoms. The van der Waals surface area contributed by atoms with Crippen LogP contribution in [0.15, 0.2) is 53.5 Å². The number of alkyl halides is 3. The van der Waals surface area contributed by atoms with E-state index in [2.05, 4.69) is 4.98 Å². The molecule has 41 heavy (non-hydrogen) atoms. The number of ether oxygens (including phenoxy) is 3. The zero-order valence-corrected chi connectivity index (χ0v) is 23.3. The topological polar surface area (TPSA) is 120 Å². The lowest BCUT2D eigenvalue weighted by Gasteiger charge is -2.21. The first-order valence-electron chi connectivity index (χ1n) is 12.1. The molecular formula is C27H28F3N3O7S. The van der Waals surface area contributed by atoms with Gasteiger partial charge < -0.3 is 28.8 Å². The number of thiophene rings is 1. The van der Waals surface area contributed by atoms with Crippen molar-refractivity contribution in [2.24, 2.45) is 0 Å². The number of benzene rings is 1. The molecule has 1 N–H and O–H groups in total. The molecule has 10 nitrogen and oxygen atoms in total. The Labute approximate surface area is 236 Å². The fourth-order valence-electron chi connectivity index (χ4n) is 3.95. The molecule has 4 rings (SSSR count). The van der Waals surface area contributed by atoms with Gasteiger partial charge in [-0.15, -0.1) is 11.3 Å². The monoisotopic (exact) mass is 595 g/mol. The highest BCUT2D eigenvalue weighted by Gasteiger charge is 2.38. The predicted molar refractivity (Wildman–Crippen MR) is 147 cm³/mol. The van der Waals surface area contributed by atoms with Gasteiger partial charge in [-0.3, -0.25) is 14.6 Å². The molecule has 0 unspecified atom stereocenters. The first kappa shape index (κ1) is 31.5. The second-order valence-electron chi connectivity index (χ2n) is 8.48. The first-order chi connectivity index (χ1) is 19.5. The van der Waals surface area contributed by atoms with Gasteiger partial charge in [0.25, 0.3) is 11.5 Å². The SMILES string of the molecule is COCCN(CCOC)C(=O)c1sc2c(c1OC)c(=O)n(Cc1ccccn1)c1ccccc21.O=C(O)C(F)(F)F. The molecule has 220 valence electrons. The summed E-state index contributed by atoms with van der Waals surface area (Å²) in [5.74, 6) is -2.67. The van der Waals surface area contributed by atoms with Crippen LogP contribution in [0, 0.1) is 0 Å². The quantitative estimate of drug-likeness (QED) is 0.292. The minimum atomic E-state index is -5.08. The highest BCUT2D eigenvalue weighted by molar-refractivity contribution is 7.22. The molecule has 1 amide bonds. The van der Waals surface area contributed by atoms with E-state index in [1.54, 1.807) is 29.9 Å². The summed E-state index contributed by atoms with van der Waals surface area (Å²) in [5, 5.41) is 8.42. The Bertz CT molecular complexity index is 1550. The van der Waals surface area contributed by atoms with Crippen LogP contribution in [-0.4, -0.2) is 85.2 Å². The van der Waals surface area contributed by atoms with E-state index >= 15 is 0 Å². The molecule has 1 aromatic carbocycles. The number of pyridine rings is 2. The van der Waals surface area contributed by atoms with Crippen LogP contribution < -0.4 is 10.3 Å². The van der Waals surface area contributed by atoms with Crippen LogP contribution in [0.5, 0.6) is 5.75 Å². The van der Waals surface area contributed by atoms with Crippen molar-refractivity contribution in [3.8, 4) is 5.75 Å². The van der Waals surface area contributed by atoms with E-state index in [0.29, 0.717) is 48.9 Å². The number of fused-ring (bicyclic) bond motifs is 3. The average molecular weight is 596 g/mol. The third-order valence-electron chi connectivity index (χ3n) is 5.87. The van der Waals surface area contributed by atoms with Gasteiger partial charge in [0.15, 0.2) is 5.75 Å². The number of aromatic nitrogens is 2. The largest absolute Gasteiger partial charge is 0.494 e. The second-order valence-corrected chi connectivity index (χ2v) is 9.50. The molecule has 3 heterocycles. The maximum absolute atomic E-state index is 13.8. The van der Waals surface area contributed by atoms with Crippen molar-refractivity contribution in [3.05, 3.63) is 69.6 Å². The van der Waals surface area contributed by atoms with E-state index in [0.717, 1.165) is 21.3 Å². The molecular weight excluding hydrogens is 567 g/mol. The lowest BCUT2D eigenvalue weighted by Crippen LogP contribution is -2.36. The van der Waals surface area contributed by atoms with E-state index in [1.165, 1.54) is 18.4 Å². The van der Waals surface area contributed by atoms with Crippen molar-refractivity contribution in [3.63, 3.8) is 0 Å². The lowest BCUT2D eigenvalue weighted by molar-refractivity contribution is -0.192. The maximum Gasteiger partial charge on any atom is 0.490 e. The molecule has 0 radical (unpaired) electrons. The van der Waals surface area contributed by atoms with Crippen LogP contribution >= 0.6 is 11.3 Å². The van der Waals surface area contributed by atoms with Gasteiger partial charge in [-0.05, 0) is 18.2 Å². The van der Waals surface area contributed by atoms with Crippen molar-refractivity contribution < 1.29 is 42.1 Å². The number of carbonyl (C=O) groups is 2. The van der Waals surface area contributed by atoms with Crippen molar-refractivity contribution >= 4 is 44.2 Å². The smallest absolute Gasteiger partial charge is 0.490 e. The van der Waals surface area contributed by atoms with Gasteiger partial charge in [-0.2, -0.15) is 13.2 Å². The number of carboxylic acids is 1. The molecule has 0 aliphatic carbocycles. The Morgan fingerprint density at radius 1 is 1.02 bits per heavy atom. The van der Waals surface area contributed by atoms with Crippen molar-refractivity contribution in [2.75, 3.05) is 47.6 Å². The average Bonchev–Trinajstić information content (AvgIpc) is 3.35. The highest BCUT2D eigenvalue weighted by Crippen LogP contribution is 2.40. The number of methoxy groups -OCH3 is 3. The zero-order chi connectivity index (χ0) is 30.2. The molecule has 0 aliphatic rings. The lowest BCUT2D eigenvalue weighted by atomic mass is 10.1. The number of carbonyl (C=O) groups excluding carboxylic acids is 1. The fraction of sp³-hybridized carbons (Fsp3) is 0.333. The third-order valence-corrected chi connectivity index (χ3v) is 7.06. The van der Waals surface area contributed by atoms with Crippen molar-refractivity contribution in [1.82, 2.24) is 14.5 Å². The van der Waals surface area contributed by atoms with E-state index in [1.807, 2.05) is 42.5 Å². The molecule has 0 saturated carbocycles. The summed E-state index contributed by atoms with van der Waals surface area (Å²) in [7, 11) is 4.68. The molecule has 0 bridgehead atoms. The molecule has 0 fully saturated rings. The number of para-hydroxylation sites is 1. The summed E-state index contributed by atoms with van der Waals surface area (Å²) >= 11 is 1.28. The number of aliphatic carboxylic acids is 1. The maximum atomic E-state index is 13.8. The standard InChI is InChI=1S/C25H27N3O5S.C2HF3O2/c1-31-14-12-27(13-15-32-2)25(30)23-21(33-3)20-22(34-23)18-9-4-5-10-19(18)28(24(20)29)16-17-8-6-7-11-26-17;3-2(4,5)1(6)7/h4-11H,12-16H2,1-3H3;(H,6,7). The van der Waals surface area contributed by atoms with E-state index in [9.17, 15) is 22.8 Å². The van der Waals surface area contributed by atoms with Gasteiger partial charge in [-0.1, -0.05) is 24.3 Å². The first-order valence-corrected chi connectivity index (χ1v) is 13.0. The van der Waals surface area contributed by atoms with Crippen LogP contribution in [0.4, 0.5) is 13.2 Å². The molecule has 0 aliphatic heterocycles. The van der Waals surface area contributed by atoms with E-state index < -0.39 is 12.1 Å². The Kier molecular flexibility index (Phi) is 10.8. The molecule has 4 aromatic rings. The summed E-state index contributed by atoms with van der Waals surface area (Å²) < 4.78 is 50.2. The molecule has 0 atom stereocenters. The van der Waals surface area contributed by atoms with Gasteiger partial charge in [0.05, 0.1) is 42.8 Å². The Hall–Kier alpha value is -4.01. The summed E-state index contributed by atoms with van der Waals surface area (Å²) in [5.41, 5.74) is 1.33. The van der Waals surface area contributed by atoms with Crippen molar-refractivity contribution in [1.29, 1.82) is 0 Å². The highest BCUT2D eigenvalue weighted by atomic mass is 32.1. The van der Waals surface area contributed by atoms with Crippen LogP contribution in [-0.2, 0) is 20.8 Å². The van der Waals surface area contributed by atoms with E-state index in [4.69, 9.17) is 24.1 Å². The number of rotatable bonds is 10. The number of nitrogens with zero attached hydrogens (tertiary/aromatic N) is 3. The Balaban J connectivity index is 0.000000587. The van der Waals surface area contributed by atoms with Gasteiger partial charge >= 0.3 is 12.1 Å².